The number of fused-ring (bicyclic) bond motifs is 2. The van der Waals surface area contributed by atoms with Crippen molar-refractivity contribution >= 4 is 52.4 Å². The summed E-state index contributed by atoms with van der Waals surface area (Å²) in [6, 6.07) is 12.0. The molecule has 0 spiro atoms. The zero-order valence-corrected chi connectivity index (χ0v) is 20.1. The van der Waals surface area contributed by atoms with Crippen molar-refractivity contribution in [3.05, 3.63) is 54.6 Å². The van der Waals surface area contributed by atoms with Gasteiger partial charge in [-0.3, -0.25) is 13.7 Å². The molecule has 0 saturated heterocycles. The average molecular weight is 551 g/mol. The van der Waals surface area contributed by atoms with E-state index in [4.69, 9.17) is 0 Å². The van der Waals surface area contributed by atoms with Crippen LogP contribution in [0.25, 0.3) is 44.8 Å². The fourth-order valence-electron chi connectivity index (χ4n) is 3.62. The lowest BCUT2D eigenvalue weighted by molar-refractivity contribution is 0.479. The summed E-state index contributed by atoms with van der Waals surface area (Å²) >= 11 is 0. The van der Waals surface area contributed by atoms with Crippen LogP contribution in [-0.2, 0) is 30.4 Å². The van der Waals surface area contributed by atoms with Crippen molar-refractivity contribution in [2.24, 2.45) is 0 Å². The fraction of sp³-hybridized carbons (Fsp3) is 0. The molecule has 186 valence electrons. The highest BCUT2D eigenvalue weighted by molar-refractivity contribution is 7.87. The lowest BCUT2D eigenvalue weighted by Gasteiger charge is -2.02. The molecular formula is C20H14N4O9S3. The van der Waals surface area contributed by atoms with Crippen molar-refractivity contribution < 1.29 is 38.9 Å². The Balaban J connectivity index is 1.56. The highest BCUT2D eigenvalue weighted by Crippen LogP contribution is 2.30. The maximum Gasteiger partial charge on any atom is 0.296 e. The van der Waals surface area contributed by atoms with Gasteiger partial charge in [0.05, 0.1) is 31.9 Å². The monoisotopic (exact) mass is 550 g/mol. The Morgan fingerprint density at radius 3 is 1.69 bits per heavy atom. The van der Waals surface area contributed by atoms with Crippen LogP contribution in [-0.4, -0.2) is 58.8 Å². The van der Waals surface area contributed by atoms with Gasteiger partial charge in [0.2, 0.25) is 0 Å². The zero-order valence-electron chi connectivity index (χ0n) is 17.6. The van der Waals surface area contributed by atoms with Crippen molar-refractivity contribution in [3.63, 3.8) is 0 Å². The van der Waals surface area contributed by atoms with Crippen LogP contribution in [0.4, 0.5) is 0 Å². The van der Waals surface area contributed by atoms with Crippen LogP contribution in [0.3, 0.4) is 0 Å². The fourth-order valence-corrected chi connectivity index (χ4v) is 5.42. The molecule has 2 aromatic heterocycles. The second-order valence-corrected chi connectivity index (χ2v) is 11.9. The minimum atomic E-state index is -4.86. The van der Waals surface area contributed by atoms with E-state index in [2.05, 4.69) is 19.9 Å². The quantitative estimate of drug-likeness (QED) is 0.200. The summed E-state index contributed by atoms with van der Waals surface area (Å²) in [6.45, 7) is 0. The number of benzene rings is 3. The van der Waals surface area contributed by atoms with E-state index in [-0.39, 0.29) is 21.8 Å². The summed E-state index contributed by atoms with van der Waals surface area (Å²) in [5.74, 6) is 0.552. The number of aromatic amines is 2. The number of aromatic nitrogens is 4. The normalized spacial score (nSPS) is 13.0. The lowest BCUT2D eigenvalue weighted by atomic mass is 10.1. The molecule has 5 N–H and O–H groups in total. The van der Waals surface area contributed by atoms with Crippen LogP contribution >= 0.6 is 0 Å². The summed E-state index contributed by atoms with van der Waals surface area (Å²) in [7, 11) is -14.0. The largest absolute Gasteiger partial charge is 0.338 e. The summed E-state index contributed by atoms with van der Waals surface area (Å²) in [4.78, 5) is 12.5. The van der Waals surface area contributed by atoms with Crippen molar-refractivity contribution in [2.75, 3.05) is 0 Å². The molecule has 0 aliphatic heterocycles. The van der Waals surface area contributed by atoms with Gasteiger partial charge < -0.3 is 9.97 Å². The summed E-state index contributed by atoms with van der Waals surface area (Å²) in [5, 5.41) is 0. The molecule has 5 rings (SSSR count). The first-order valence-electron chi connectivity index (χ1n) is 9.77. The van der Waals surface area contributed by atoms with E-state index < -0.39 is 40.1 Å². The molecule has 3 aromatic carbocycles. The Hall–Kier alpha value is -3.67. The molecular weight excluding hydrogens is 536 g/mol. The number of nitrogens with one attached hydrogen (secondary N) is 2. The highest BCUT2D eigenvalue weighted by Gasteiger charge is 2.23. The van der Waals surface area contributed by atoms with E-state index in [0.717, 1.165) is 6.07 Å². The molecule has 0 aliphatic carbocycles. The molecule has 36 heavy (non-hydrogen) atoms. The van der Waals surface area contributed by atoms with Gasteiger partial charge in [-0.15, -0.1) is 0 Å². The van der Waals surface area contributed by atoms with Crippen molar-refractivity contribution in [1.82, 2.24) is 19.9 Å². The molecule has 2 heterocycles. The van der Waals surface area contributed by atoms with Gasteiger partial charge in [-0.1, -0.05) is 24.3 Å². The van der Waals surface area contributed by atoms with Gasteiger partial charge >= 0.3 is 0 Å². The molecule has 0 bridgehead atoms. The van der Waals surface area contributed by atoms with Gasteiger partial charge in [-0.25, -0.2) is 9.97 Å². The summed E-state index contributed by atoms with van der Waals surface area (Å²) in [6.07, 6.45) is 0. The van der Waals surface area contributed by atoms with Crippen LogP contribution in [0.2, 0.25) is 0 Å². The van der Waals surface area contributed by atoms with Gasteiger partial charge in [0.1, 0.15) is 16.5 Å². The Morgan fingerprint density at radius 2 is 1.14 bits per heavy atom. The Kier molecular flexibility index (Phi) is 5.29. The standard InChI is InChI=1S/C20H14N4O9S3/c25-34(26,27)12-5-6-14-15(7-12)22-19(21-14)10-1-3-11(4-2-10)20-23-16-8-13(35(28,29)30)9-17(18(16)24-20)36(31,32)33/h1-9H,(H,21,22)(H,23,24)(H,25,26,27)(H,28,29,30)(H,31,32,33). The van der Waals surface area contributed by atoms with Crippen LogP contribution < -0.4 is 0 Å². The maximum absolute atomic E-state index is 11.8. The van der Waals surface area contributed by atoms with Gasteiger partial charge in [0.25, 0.3) is 30.4 Å². The number of H-pyrrole nitrogens is 2. The average Bonchev–Trinajstić information content (AvgIpc) is 3.40. The molecule has 0 aliphatic rings. The van der Waals surface area contributed by atoms with Gasteiger partial charge in [-0.2, -0.15) is 25.3 Å². The van der Waals surface area contributed by atoms with Gasteiger partial charge in [0.15, 0.2) is 0 Å². The van der Waals surface area contributed by atoms with Crippen LogP contribution in [0.5, 0.6) is 0 Å². The number of hydrogen-bond donors (Lipinski definition) is 5. The molecule has 0 saturated carbocycles. The predicted molar refractivity (Wildman–Crippen MR) is 126 cm³/mol. The molecule has 0 unspecified atom stereocenters. The Bertz CT molecular complexity index is 2010. The van der Waals surface area contributed by atoms with Crippen molar-refractivity contribution in [2.45, 2.75) is 14.7 Å². The van der Waals surface area contributed by atoms with Crippen LogP contribution in [0.1, 0.15) is 0 Å². The number of imidazole rings is 2. The van der Waals surface area contributed by atoms with E-state index >= 15 is 0 Å². The molecule has 0 radical (unpaired) electrons. The van der Waals surface area contributed by atoms with Crippen LogP contribution in [0.15, 0.2) is 69.3 Å². The molecule has 5 aromatic rings. The topological polar surface area (TPSA) is 220 Å². The van der Waals surface area contributed by atoms with E-state index in [1.807, 2.05) is 0 Å². The van der Waals surface area contributed by atoms with E-state index in [0.29, 0.717) is 34.1 Å². The molecule has 0 amide bonds. The number of nitrogens with zero attached hydrogens (tertiary/aromatic N) is 2. The Labute approximate surface area is 203 Å². The molecule has 0 atom stereocenters. The third kappa shape index (κ3) is 4.36. The van der Waals surface area contributed by atoms with E-state index in [1.54, 1.807) is 24.3 Å². The SMILES string of the molecule is O=S(=O)(O)c1cc(S(=O)(=O)O)c2[nH]c(-c3ccc(-c4nc5ccc(S(=O)(=O)O)cc5[nH]4)cc3)nc2c1. The minimum absolute atomic E-state index is 0.122. The number of hydrogen-bond acceptors (Lipinski definition) is 8. The first-order valence-corrected chi connectivity index (χ1v) is 14.1. The minimum Gasteiger partial charge on any atom is -0.338 e. The van der Waals surface area contributed by atoms with Gasteiger partial charge in [-0.05, 0) is 30.3 Å². The van der Waals surface area contributed by atoms with Gasteiger partial charge in [0, 0.05) is 11.1 Å². The smallest absolute Gasteiger partial charge is 0.296 e. The number of rotatable bonds is 5. The first kappa shape index (κ1) is 24.0. The predicted octanol–water partition coefficient (Wildman–Crippen LogP) is 2.51. The lowest BCUT2D eigenvalue weighted by Crippen LogP contribution is -2.04. The third-order valence-corrected chi connectivity index (χ3v) is 7.85. The Morgan fingerprint density at radius 1 is 0.583 bits per heavy atom. The van der Waals surface area contributed by atoms with Crippen molar-refractivity contribution in [3.8, 4) is 22.8 Å². The molecule has 13 nitrogen and oxygen atoms in total. The zero-order chi connectivity index (χ0) is 26.0. The second-order valence-electron chi connectivity index (χ2n) is 7.67. The van der Waals surface area contributed by atoms with E-state index in [1.165, 1.54) is 18.2 Å². The highest BCUT2D eigenvalue weighted by atomic mass is 32.2. The molecule has 16 heteroatoms. The first-order chi connectivity index (χ1) is 16.7. The summed E-state index contributed by atoms with van der Waals surface area (Å²) < 4.78 is 97.4. The van der Waals surface area contributed by atoms with E-state index in [9.17, 15) is 38.9 Å². The molecule has 0 fully saturated rings. The second kappa shape index (κ2) is 7.92. The van der Waals surface area contributed by atoms with Crippen molar-refractivity contribution in [1.29, 1.82) is 0 Å². The summed E-state index contributed by atoms with van der Waals surface area (Å²) in [5.41, 5.74) is 1.64. The van der Waals surface area contributed by atoms with Crippen LogP contribution in [0, 0.1) is 0 Å². The third-order valence-electron chi connectivity index (χ3n) is 5.29. The maximum atomic E-state index is 11.8.